The summed E-state index contributed by atoms with van der Waals surface area (Å²) in [5, 5.41) is 3.06. The summed E-state index contributed by atoms with van der Waals surface area (Å²) in [7, 11) is -4.04. The van der Waals surface area contributed by atoms with E-state index in [0.717, 1.165) is 21.0 Å². The molecular weight excluding hydrogens is 484 g/mol. The summed E-state index contributed by atoms with van der Waals surface area (Å²) >= 11 is 0. The molecule has 4 aromatic rings. The van der Waals surface area contributed by atoms with E-state index in [4.69, 9.17) is 4.74 Å². The third kappa shape index (κ3) is 6.37. The van der Waals surface area contributed by atoms with Crippen LogP contribution >= 0.6 is 0 Å². The van der Waals surface area contributed by atoms with Crippen molar-refractivity contribution in [2.75, 3.05) is 17.5 Å². The van der Waals surface area contributed by atoms with Crippen molar-refractivity contribution in [3.05, 3.63) is 126 Å². The van der Waals surface area contributed by atoms with E-state index in [0.29, 0.717) is 18.0 Å². The average Bonchev–Trinajstić information content (AvgIpc) is 2.92. The zero-order chi connectivity index (χ0) is 26.3. The van der Waals surface area contributed by atoms with Gasteiger partial charge < -0.3 is 10.1 Å². The highest BCUT2D eigenvalue weighted by Gasteiger charge is 2.28. The Morgan fingerprint density at radius 1 is 0.838 bits per heavy atom. The maximum absolute atomic E-state index is 13.7. The Hall–Kier alpha value is -4.10. The van der Waals surface area contributed by atoms with Crippen molar-refractivity contribution in [1.82, 2.24) is 5.32 Å². The van der Waals surface area contributed by atoms with Crippen molar-refractivity contribution in [2.45, 2.75) is 24.8 Å². The van der Waals surface area contributed by atoms with Gasteiger partial charge in [-0.05, 0) is 61.4 Å². The molecule has 0 fully saturated rings. The summed E-state index contributed by atoms with van der Waals surface area (Å²) in [6.07, 6.45) is 0. The summed E-state index contributed by atoms with van der Waals surface area (Å²) < 4.78 is 34.0. The number of aryl methyl sites for hydroxylation is 1. The van der Waals surface area contributed by atoms with Crippen LogP contribution in [0, 0.1) is 6.92 Å². The van der Waals surface area contributed by atoms with Crippen molar-refractivity contribution in [2.24, 2.45) is 0 Å². The van der Waals surface area contributed by atoms with E-state index in [1.165, 1.54) is 12.1 Å². The topological polar surface area (TPSA) is 75.7 Å². The Balaban J connectivity index is 1.65. The van der Waals surface area contributed by atoms with Gasteiger partial charge in [-0.15, -0.1) is 0 Å². The Kier molecular flexibility index (Phi) is 8.25. The third-order valence-electron chi connectivity index (χ3n) is 5.87. The number of rotatable bonds is 10. The molecule has 6 nitrogen and oxygen atoms in total. The van der Waals surface area contributed by atoms with Crippen molar-refractivity contribution in [3.63, 3.8) is 0 Å². The molecule has 0 aliphatic carbocycles. The van der Waals surface area contributed by atoms with Crippen LogP contribution in [0.3, 0.4) is 0 Å². The Morgan fingerprint density at radius 3 is 2.08 bits per heavy atom. The number of benzene rings is 4. The molecule has 4 rings (SSSR count). The number of carbonyl (C=O) groups excluding carboxylic acids is 1. The fourth-order valence-corrected chi connectivity index (χ4v) is 5.52. The zero-order valence-electron chi connectivity index (χ0n) is 20.9. The van der Waals surface area contributed by atoms with E-state index >= 15 is 0 Å². The van der Waals surface area contributed by atoms with E-state index in [9.17, 15) is 13.2 Å². The van der Waals surface area contributed by atoms with Crippen molar-refractivity contribution < 1.29 is 17.9 Å². The first-order valence-corrected chi connectivity index (χ1v) is 13.5. The van der Waals surface area contributed by atoms with Gasteiger partial charge in [0.25, 0.3) is 10.0 Å². The number of carbonyl (C=O) groups is 1. The number of nitrogens with one attached hydrogen (secondary N) is 1. The van der Waals surface area contributed by atoms with Gasteiger partial charge in [-0.1, -0.05) is 78.4 Å². The third-order valence-corrected chi connectivity index (χ3v) is 7.66. The molecule has 1 atom stereocenters. The maximum atomic E-state index is 13.7. The molecule has 0 aromatic heterocycles. The molecule has 0 saturated carbocycles. The minimum absolute atomic E-state index is 0.0749. The number of nitrogens with zero attached hydrogens (tertiary/aromatic N) is 1. The van der Waals surface area contributed by atoms with Crippen molar-refractivity contribution in [3.8, 4) is 5.75 Å². The minimum atomic E-state index is -4.04. The van der Waals surface area contributed by atoms with Gasteiger partial charge in [0.1, 0.15) is 12.3 Å². The number of sulfonamides is 1. The average molecular weight is 515 g/mol. The van der Waals surface area contributed by atoms with Crippen LogP contribution in [0.2, 0.25) is 0 Å². The minimum Gasteiger partial charge on any atom is -0.494 e. The van der Waals surface area contributed by atoms with Crippen LogP contribution in [0.25, 0.3) is 0 Å². The second kappa shape index (κ2) is 11.8. The van der Waals surface area contributed by atoms with Crippen LogP contribution < -0.4 is 14.4 Å². The molecule has 4 aromatic carbocycles. The SMILES string of the molecule is CCOc1ccc(S(=O)(=O)N(CC(=O)NC(c2ccccc2)c2cccc(C)c2)c2ccccc2)cc1. The first kappa shape index (κ1) is 26.0. The molecule has 0 heterocycles. The van der Waals surface area contributed by atoms with Gasteiger partial charge in [0.2, 0.25) is 5.91 Å². The van der Waals surface area contributed by atoms with E-state index in [-0.39, 0.29) is 11.4 Å². The summed E-state index contributed by atoms with van der Waals surface area (Å²) in [5.74, 6) is 0.156. The number of ether oxygens (including phenoxy) is 1. The molecule has 0 saturated heterocycles. The first-order valence-electron chi connectivity index (χ1n) is 12.1. The van der Waals surface area contributed by atoms with Crippen molar-refractivity contribution in [1.29, 1.82) is 0 Å². The monoisotopic (exact) mass is 514 g/mol. The second-order valence-electron chi connectivity index (χ2n) is 8.58. The van der Waals surface area contributed by atoms with Crippen LogP contribution in [-0.2, 0) is 14.8 Å². The Morgan fingerprint density at radius 2 is 1.46 bits per heavy atom. The van der Waals surface area contributed by atoms with E-state index < -0.39 is 22.0 Å². The van der Waals surface area contributed by atoms with Crippen LogP contribution in [0.4, 0.5) is 5.69 Å². The number of para-hydroxylation sites is 1. The molecule has 0 aliphatic rings. The quantitative estimate of drug-likeness (QED) is 0.303. The number of amides is 1. The highest BCUT2D eigenvalue weighted by atomic mass is 32.2. The van der Waals surface area contributed by atoms with Gasteiger partial charge in [0.15, 0.2) is 0 Å². The van der Waals surface area contributed by atoms with Crippen molar-refractivity contribution >= 4 is 21.6 Å². The smallest absolute Gasteiger partial charge is 0.264 e. The molecule has 1 amide bonds. The fourth-order valence-electron chi connectivity index (χ4n) is 4.10. The molecule has 0 aliphatic heterocycles. The predicted octanol–water partition coefficient (Wildman–Crippen LogP) is 5.49. The second-order valence-corrected chi connectivity index (χ2v) is 10.4. The van der Waals surface area contributed by atoms with Crippen LogP contribution in [0.5, 0.6) is 5.75 Å². The molecule has 0 radical (unpaired) electrons. The van der Waals surface area contributed by atoms with Gasteiger partial charge in [-0.25, -0.2) is 8.42 Å². The van der Waals surface area contributed by atoms with Crippen LogP contribution in [0.1, 0.15) is 29.7 Å². The van der Waals surface area contributed by atoms with Gasteiger partial charge in [0, 0.05) is 0 Å². The van der Waals surface area contributed by atoms with Gasteiger partial charge >= 0.3 is 0 Å². The number of hydrogen-bond acceptors (Lipinski definition) is 4. The maximum Gasteiger partial charge on any atom is 0.264 e. The Bertz CT molecular complexity index is 1420. The molecule has 1 unspecified atom stereocenters. The molecule has 0 spiro atoms. The van der Waals surface area contributed by atoms with Crippen LogP contribution in [0.15, 0.2) is 114 Å². The van der Waals surface area contributed by atoms with E-state index in [1.54, 1.807) is 42.5 Å². The summed E-state index contributed by atoms with van der Waals surface area (Å²) in [6.45, 7) is 3.95. The summed E-state index contributed by atoms with van der Waals surface area (Å²) in [5.41, 5.74) is 3.29. The van der Waals surface area contributed by atoms with Gasteiger partial charge in [0.05, 0.1) is 23.2 Å². The number of anilines is 1. The zero-order valence-corrected chi connectivity index (χ0v) is 21.7. The van der Waals surface area contributed by atoms with E-state index in [2.05, 4.69) is 5.32 Å². The fraction of sp³-hybridized carbons (Fsp3) is 0.167. The molecule has 37 heavy (non-hydrogen) atoms. The highest BCUT2D eigenvalue weighted by molar-refractivity contribution is 7.92. The molecule has 7 heteroatoms. The van der Waals surface area contributed by atoms with Crippen LogP contribution in [-0.4, -0.2) is 27.5 Å². The highest BCUT2D eigenvalue weighted by Crippen LogP contribution is 2.26. The van der Waals surface area contributed by atoms with Gasteiger partial charge in [-0.2, -0.15) is 0 Å². The molecule has 0 bridgehead atoms. The lowest BCUT2D eigenvalue weighted by Gasteiger charge is -2.26. The first-order chi connectivity index (χ1) is 17.9. The number of hydrogen-bond donors (Lipinski definition) is 1. The summed E-state index contributed by atoms with van der Waals surface area (Å²) in [6, 6.07) is 32.0. The molecule has 1 N–H and O–H groups in total. The summed E-state index contributed by atoms with van der Waals surface area (Å²) in [4.78, 5) is 13.5. The normalized spacial score (nSPS) is 11.9. The van der Waals surface area contributed by atoms with Gasteiger partial charge in [-0.3, -0.25) is 9.10 Å². The lowest BCUT2D eigenvalue weighted by atomic mass is 9.97. The largest absolute Gasteiger partial charge is 0.494 e. The standard InChI is InChI=1S/C30H30N2O4S/c1-3-36-27-17-19-28(20-18-27)37(34,35)32(26-15-8-5-9-16-26)22-29(33)31-30(24-12-6-4-7-13-24)25-14-10-11-23(2)21-25/h4-21,30H,3,22H2,1-2H3,(H,31,33). The predicted molar refractivity (Wildman–Crippen MR) is 146 cm³/mol. The molecule has 190 valence electrons. The van der Waals surface area contributed by atoms with E-state index in [1.807, 2.05) is 68.4 Å². The Labute approximate surface area is 218 Å². The lowest BCUT2D eigenvalue weighted by Crippen LogP contribution is -2.42. The lowest BCUT2D eigenvalue weighted by molar-refractivity contribution is -0.120. The molecular formula is C30H30N2O4S.